The Kier molecular flexibility index (Phi) is 8.81. The van der Waals surface area contributed by atoms with Crippen LogP contribution in [0.15, 0.2) is 77.7 Å². The van der Waals surface area contributed by atoms with Crippen LogP contribution < -0.4 is 5.32 Å². The van der Waals surface area contributed by atoms with Crippen LogP contribution >= 0.6 is 11.3 Å². The zero-order valence-corrected chi connectivity index (χ0v) is 25.1. The minimum absolute atomic E-state index is 0.178. The van der Waals surface area contributed by atoms with Crippen molar-refractivity contribution < 1.29 is 22.8 Å². The number of unbranched alkanes of at least 4 members (excludes halogenated alkanes) is 2. The van der Waals surface area contributed by atoms with E-state index in [0.717, 1.165) is 41.9 Å². The molecule has 0 aliphatic carbocycles. The van der Waals surface area contributed by atoms with Crippen LogP contribution in [0.1, 0.15) is 71.9 Å². The fourth-order valence-electron chi connectivity index (χ4n) is 4.96. The summed E-state index contributed by atoms with van der Waals surface area (Å²) in [7, 11) is -3.71. The number of amides is 3. The van der Waals surface area contributed by atoms with Crippen molar-refractivity contribution >= 4 is 54.4 Å². The van der Waals surface area contributed by atoms with Gasteiger partial charge in [0.25, 0.3) is 17.7 Å². The van der Waals surface area contributed by atoms with Gasteiger partial charge in [-0.25, -0.2) is 13.4 Å². The maximum Gasteiger partial charge on any atom is 0.262 e. The number of hydrogen-bond acceptors (Lipinski definition) is 7. The SMILES string of the molecule is CCCCN(CCCC)S(=O)(=O)c1ccc2nc(NC(=O)C(c3ccccc3)N3C(=O)c4ccccc4C3=O)sc2c1. The van der Waals surface area contributed by atoms with E-state index in [-0.39, 0.29) is 21.2 Å². The van der Waals surface area contributed by atoms with Gasteiger partial charge in [0.15, 0.2) is 5.13 Å². The highest BCUT2D eigenvalue weighted by molar-refractivity contribution is 7.89. The molecule has 11 heteroatoms. The van der Waals surface area contributed by atoms with E-state index >= 15 is 0 Å². The standard InChI is InChI=1S/C31H32N4O5S2/c1-3-5-18-34(19-6-4-2)42(39,40)22-16-17-25-26(20-22)41-31(32-25)33-28(36)27(21-12-8-7-9-13-21)35-29(37)23-14-10-11-15-24(23)30(35)38/h7-17,20,27H,3-6,18-19H2,1-2H3,(H,32,33,36). The minimum Gasteiger partial charge on any atom is -0.300 e. The van der Waals surface area contributed by atoms with Crippen LogP contribution in [-0.2, 0) is 14.8 Å². The molecule has 4 aromatic rings. The molecule has 1 aliphatic rings. The molecule has 0 spiro atoms. The normalized spacial score (nSPS) is 14.0. The first-order valence-electron chi connectivity index (χ1n) is 14.0. The van der Waals surface area contributed by atoms with Gasteiger partial charge in [-0.3, -0.25) is 24.6 Å². The molecule has 2 heterocycles. The van der Waals surface area contributed by atoms with Gasteiger partial charge >= 0.3 is 0 Å². The molecule has 0 fully saturated rings. The van der Waals surface area contributed by atoms with Gasteiger partial charge in [0.2, 0.25) is 10.0 Å². The van der Waals surface area contributed by atoms with Gasteiger partial charge in [0.1, 0.15) is 6.04 Å². The second kappa shape index (κ2) is 12.5. The maximum atomic E-state index is 13.7. The van der Waals surface area contributed by atoms with Crippen molar-refractivity contribution in [2.75, 3.05) is 18.4 Å². The van der Waals surface area contributed by atoms with Crippen LogP contribution in [0.4, 0.5) is 5.13 Å². The van der Waals surface area contributed by atoms with Gasteiger partial charge in [-0.05, 0) is 48.7 Å². The van der Waals surface area contributed by atoms with E-state index in [1.165, 1.54) is 4.31 Å². The summed E-state index contributed by atoms with van der Waals surface area (Å²) in [5.74, 6) is -1.70. The van der Waals surface area contributed by atoms with Gasteiger partial charge in [-0.2, -0.15) is 4.31 Å². The number of thiazole rings is 1. The van der Waals surface area contributed by atoms with Crippen LogP contribution in [0.2, 0.25) is 0 Å². The summed E-state index contributed by atoms with van der Waals surface area (Å²) in [6.07, 6.45) is 3.33. The molecule has 0 saturated heterocycles. The van der Waals surface area contributed by atoms with E-state index in [1.54, 1.807) is 72.8 Å². The molecule has 1 atom stereocenters. The number of nitrogens with zero attached hydrogens (tertiary/aromatic N) is 3. The van der Waals surface area contributed by atoms with Crippen LogP contribution in [0.25, 0.3) is 10.2 Å². The molecule has 0 radical (unpaired) electrons. The van der Waals surface area contributed by atoms with Crippen molar-refractivity contribution in [2.45, 2.75) is 50.5 Å². The number of hydrogen-bond donors (Lipinski definition) is 1. The van der Waals surface area contributed by atoms with E-state index in [2.05, 4.69) is 10.3 Å². The molecule has 1 N–H and O–H groups in total. The number of nitrogens with one attached hydrogen (secondary N) is 1. The van der Waals surface area contributed by atoms with Gasteiger partial charge in [0, 0.05) is 13.1 Å². The molecule has 3 aromatic carbocycles. The Morgan fingerprint density at radius 3 is 2.10 bits per heavy atom. The average molecular weight is 605 g/mol. The number of aromatic nitrogens is 1. The Morgan fingerprint density at radius 1 is 0.905 bits per heavy atom. The molecule has 9 nitrogen and oxygen atoms in total. The lowest BCUT2D eigenvalue weighted by atomic mass is 10.0. The monoisotopic (exact) mass is 604 g/mol. The first-order chi connectivity index (χ1) is 20.3. The number of fused-ring (bicyclic) bond motifs is 2. The number of rotatable bonds is 12. The molecule has 218 valence electrons. The largest absolute Gasteiger partial charge is 0.300 e. The lowest BCUT2D eigenvalue weighted by Gasteiger charge is -2.25. The van der Waals surface area contributed by atoms with Crippen molar-refractivity contribution in [1.82, 2.24) is 14.2 Å². The van der Waals surface area contributed by atoms with E-state index in [1.807, 2.05) is 13.8 Å². The predicted molar refractivity (Wildman–Crippen MR) is 163 cm³/mol. The quantitative estimate of drug-likeness (QED) is 0.202. The Labute approximate surface area is 249 Å². The number of anilines is 1. The number of sulfonamides is 1. The highest BCUT2D eigenvalue weighted by Crippen LogP contribution is 2.34. The minimum atomic E-state index is -3.71. The molecule has 1 aromatic heterocycles. The lowest BCUT2D eigenvalue weighted by Crippen LogP contribution is -2.40. The molecule has 1 aliphatic heterocycles. The summed E-state index contributed by atoms with van der Waals surface area (Å²) in [5, 5.41) is 3.01. The highest BCUT2D eigenvalue weighted by Gasteiger charge is 2.43. The lowest BCUT2D eigenvalue weighted by molar-refractivity contribution is -0.120. The van der Waals surface area contributed by atoms with Gasteiger partial charge in [-0.15, -0.1) is 0 Å². The van der Waals surface area contributed by atoms with Crippen LogP contribution in [0.5, 0.6) is 0 Å². The zero-order chi connectivity index (χ0) is 29.9. The number of carbonyl (C=O) groups is 3. The second-order valence-corrected chi connectivity index (χ2v) is 13.1. The summed E-state index contributed by atoms with van der Waals surface area (Å²) >= 11 is 1.13. The second-order valence-electron chi connectivity index (χ2n) is 10.1. The predicted octanol–water partition coefficient (Wildman–Crippen LogP) is 5.86. The van der Waals surface area contributed by atoms with Crippen molar-refractivity contribution in [1.29, 1.82) is 0 Å². The Morgan fingerprint density at radius 2 is 1.50 bits per heavy atom. The fourth-order valence-corrected chi connectivity index (χ4v) is 7.48. The van der Waals surface area contributed by atoms with E-state index < -0.39 is 33.8 Å². The van der Waals surface area contributed by atoms with Gasteiger partial charge in [-0.1, -0.05) is 80.5 Å². The highest BCUT2D eigenvalue weighted by atomic mass is 32.2. The molecule has 0 bridgehead atoms. The third-order valence-corrected chi connectivity index (χ3v) is 10.0. The van der Waals surface area contributed by atoms with E-state index in [9.17, 15) is 22.8 Å². The Balaban J connectivity index is 1.44. The third-order valence-electron chi connectivity index (χ3n) is 7.20. The fraction of sp³-hybridized carbons (Fsp3) is 0.290. The summed E-state index contributed by atoms with van der Waals surface area (Å²) in [4.78, 5) is 46.0. The van der Waals surface area contributed by atoms with Gasteiger partial charge in [0.05, 0.1) is 26.2 Å². The van der Waals surface area contributed by atoms with Crippen LogP contribution in [0.3, 0.4) is 0 Å². The number of imide groups is 1. The Hall–Kier alpha value is -3.93. The van der Waals surface area contributed by atoms with E-state index in [0.29, 0.717) is 28.9 Å². The van der Waals surface area contributed by atoms with Gasteiger partial charge < -0.3 is 0 Å². The summed E-state index contributed by atoms with van der Waals surface area (Å²) in [6, 6.07) is 18.6. The van der Waals surface area contributed by atoms with E-state index in [4.69, 9.17) is 0 Å². The van der Waals surface area contributed by atoms with Crippen molar-refractivity contribution in [3.63, 3.8) is 0 Å². The maximum absolute atomic E-state index is 13.7. The van der Waals surface area contributed by atoms with Crippen molar-refractivity contribution in [3.05, 3.63) is 89.5 Å². The molecule has 1 unspecified atom stereocenters. The topological polar surface area (TPSA) is 117 Å². The zero-order valence-electron chi connectivity index (χ0n) is 23.4. The molecule has 5 rings (SSSR count). The molecule has 0 saturated carbocycles. The smallest absolute Gasteiger partial charge is 0.262 e. The number of carbonyl (C=O) groups excluding carboxylic acids is 3. The summed E-state index contributed by atoms with van der Waals surface area (Å²) in [6.45, 7) is 4.97. The third kappa shape index (κ3) is 5.72. The van der Waals surface area contributed by atoms with Crippen LogP contribution in [-0.4, -0.2) is 53.4 Å². The summed E-state index contributed by atoms with van der Waals surface area (Å²) in [5.41, 5.74) is 1.49. The first-order valence-corrected chi connectivity index (χ1v) is 16.2. The molecule has 42 heavy (non-hydrogen) atoms. The average Bonchev–Trinajstić information content (AvgIpc) is 3.51. The first kappa shape index (κ1) is 29.6. The molecular formula is C31H32N4O5S2. The van der Waals surface area contributed by atoms with Crippen molar-refractivity contribution in [2.24, 2.45) is 0 Å². The number of benzene rings is 3. The Bertz CT molecular complexity index is 1690. The molecule has 3 amide bonds. The summed E-state index contributed by atoms with van der Waals surface area (Å²) < 4.78 is 29.1. The van der Waals surface area contributed by atoms with Crippen molar-refractivity contribution in [3.8, 4) is 0 Å². The molecular weight excluding hydrogens is 572 g/mol. The van der Waals surface area contributed by atoms with Crippen LogP contribution in [0, 0.1) is 0 Å².